The highest BCUT2D eigenvalue weighted by Crippen LogP contribution is 2.08. The predicted molar refractivity (Wildman–Crippen MR) is 63.8 cm³/mol. The fourth-order valence-electron chi connectivity index (χ4n) is 1.95. The summed E-state index contributed by atoms with van der Waals surface area (Å²) in [6.07, 6.45) is 2.30. The maximum absolute atomic E-state index is 5.66. The number of hydrogen-bond acceptors (Lipinski definition) is 3. The van der Waals surface area contributed by atoms with Gasteiger partial charge >= 0.3 is 0 Å². The average molecular weight is 205 g/mol. The van der Waals surface area contributed by atoms with E-state index in [0.717, 1.165) is 31.7 Å². The molecular formula is C12H19N3. The van der Waals surface area contributed by atoms with Gasteiger partial charge in [0.25, 0.3) is 0 Å². The molecule has 1 heterocycles. The molecule has 1 atom stereocenters. The molecule has 1 aliphatic heterocycles. The molecular weight excluding hydrogens is 186 g/mol. The molecule has 3 nitrogen and oxygen atoms in total. The van der Waals surface area contributed by atoms with E-state index < -0.39 is 0 Å². The number of nitrogens with one attached hydrogen (secondary N) is 2. The SMILES string of the molecule is Nc1ccc(CC2CNCCCN2)cc1. The molecule has 1 aliphatic rings. The van der Waals surface area contributed by atoms with Crippen molar-refractivity contribution in [3.8, 4) is 0 Å². The van der Waals surface area contributed by atoms with Crippen LogP contribution in [0.25, 0.3) is 0 Å². The van der Waals surface area contributed by atoms with Gasteiger partial charge in [-0.15, -0.1) is 0 Å². The van der Waals surface area contributed by atoms with Crippen molar-refractivity contribution >= 4 is 5.69 Å². The van der Waals surface area contributed by atoms with Gasteiger partial charge in [-0.1, -0.05) is 12.1 Å². The van der Waals surface area contributed by atoms with Crippen LogP contribution in [0.2, 0.25) is 0 Å². The van der Waals surface area contributed by atoms with Crippen molar-refractivity contribution < 1.29 is 0 Å². The van der Waals surface area contributed by atoms with Crippen molar-refractivity contribution in [2.24, 2.45) is 0 Å². The summed E-state index contributed by atoms with van der Waals surface area (Å²) < 4.78 is 0. The minimum Gasteiger partial charge on any atom is -0.399 e. The average Bonchev–Trinajstić information content (AvgIpc) is 2.50. The fraction of sp³-hybridized carbons (Fsp3) is 0.500. The molecule has 0 spiro atoms. The molecule has 0 aliphatic carbocycles. The van der Waals surface area contributed by atoms with Gasteiger partial charge in [-0.25, -0.2) is 0 Å². The standard InChI is InChI=1S/C12H19N3/c13-11-4-2-10(3-5-11)8-12-9-14-6-1-7-15-12/h2-5,12,14-15H,1,6-9,13H2. The van der Waals surface area contributed by atoms with Crippen LogP contribution in [0, 0.1) is 0 Å². The monoisotopic (exact) mass is 205 g/mol. The van der Waals surface area contributed by atoms with Gasteiger partial charge in [0.15, 0.2) is 0 Å². The highest BCUT2D eigenvalue weighted by atomic mass is 15.0. The molecule has 1 saturated heterocycles. The van der Waals surface area contributed by atoms with Crippen LogP contribution in [0.4, 0.5) is 5.69 Å². The van der Waals surface area contributed by atoms with Crippen LogP contribution in [0.3, 0.4) is 0 Å². The van der Waals surface area contributed by atoms with E-state index in [9.17, 15) is 0 Å². The first-order valence-electron chi connectivity index (χ1n) is 5.63. The third-order valence-electron chi connectivity index (χ3n) is 2.82. The van der Waals surface area contributed by atoms with Gasteiger partial charge in [0.05, 0.1) is 0 Å². The second-order valence-electron chi connectivity index (χ2n) is 4.15. The van der Waals surface area contributed by atoms with Crippen molar-refractivity contribution in [2.75, 3.05) is 25.4 Å². The summed E-state index contributed by atoms with van der Waals surface area (Å²) in [5.74, 6) is 0. The smallest absolute Gasteiger partial charge is 0.0314 e. The molecule has 0 radical (unpaired) electrons. The normalized spacial score (nSPS) is 22.3. The number of nitrogens with two attached hydrogens (primary N) is 1. The number of rotatable bonds is 2. The quantitative estimate of drug-likeness (QED) is 0.625. The van der Waals surface area contributed by atoms with Gasteiger partial charge in [0.1, 0.15) is 0 Å². The Balaban J connectivity index is 1.92. The van der Waals surface area contributed by atoms with Gasteiger partial charge in [-0.05, 0) is 43.6 Å². The largest absolute Gasteiger partial charge is 0.399 e. The lowest BCUT2D eigenvalue weighted by Crippen LogP contribution is -2.36. The van der Waals surface area contributed by atoms with E-state index in [4.69, 9.17) is 5.73 Å². The number of anilines is 1. The lowest BCUT2D eigenvalue weighted by atomic mass is 10.1. The van der Waals surface area contributed by atoms with Crippen molar-refractivity contribution in [3.05, 3.63) is 29.8 Å². The molecule has 1 unspecified atom stereocenters. The highest BCUT2D eigenvalue weighted by molar-refractivity contribution is 5.39. The topological polar surface area (TPSA) is 50.1 Å². The maximum Gasteiger partial charge on any atom is 0.0314 e. The molecule has 2 rings (SSSR count). The van der Waals surface area contributed by atoms with Crippen LogP contribution in [-0.2, 0) is 6.42 Å². The van der Waals surface area contributed by atoms with E-state index in [1.807, 2.05) is 12.1 Å². The van der Waals surface area contributed by atoms with E-state index in [0.29, 0.717) is 6.04 Å². The summed E-state index contributed by atoms with van der Waals surface area (Å²) in [4.78, 5) is 0. The first kappa shape index (κ1) is 10.5. The number of hydrogen-bond donors (Lipinski definition) is 3. The van der Waals surface area contributed by atoms with Gasteiger partial charge in [-0.2, -0.15) is 0 Å². The number of benzene rings is 1. The molecule has 1 fully saturated rings. The Morgan fingerprint density at radius 3 is 2.80 bits per heavy atom. The summed E-state index contributed by atoms with van der Waals surface area (Å²) in [6, 6.07) is 8.72. The van der Waals surface area contributed by atoms with Gasteiger partial charge in [-0.3, -0.25) is 0 Å². The van der Waals surface area contributed by atoms with Crippen LogP contribution in [0.5, 0.6) is 0 Å². The molecule has 15 heavy (non-hydrogen) atoms. The van der Waals surface area contributed by atoms with Crippen molar-refractivity contribution in [3.63, 3.8) is 0 Å². The Morgan fingerprint density at radius 2 is 2.00 bits per heavy atom. The molecule has 0 amide bonds. The van der Waals surface area contributed by atoms with E-state index >= 15 is 0 Å². The first-order valence-corrected chi connectivity index (χ1v) is 5.63. The Morgan fingerprint density at radius 1 is 1.20 bits per heavy atom. The lowest BCUT2D eigenvalue weighted by Gasteiger charge is -2.15. The summed E-state index contributed by atoms with van der Waals surface area (Å²) in [7, 11) is 0. The molecule has 1 aromatic carbocycles. The van der Waals surface area contributed by atoms with Crippen LogP contribution < -0.4 is 16.4 Å². The molecule has 1 aromatic rings. The number of nitrogen functional groups attached to an aromatic ring is 1. The van der Waals surface area contributed by atoms with Crippen LogP contribution in [0.1, 0.15) is 12.0 Å². The Labute approximate surface area is 91.1 Å². The van der Waals surface area contributed by atoms with Crippen LogP contribution in [0.15, 0.2) is 24.3 Å². The zero-order chi connectivity index (χ0) is 10.5. The minimum atomic E-state index is 0.552. The van der Waals surface area contributed by atoms with E-state index in [2.05, 4.69) is 22.8 Å². The van der Waals surface area contributed by atoms with Crippen molar-refractivity contribution in [2.45, 2.75) is 18.9 Å². The minimum absolute atomic E-state index is 0.552. The first-order chi connectivity index (χ1) is 7.34. The predicted octanol–water partition coefficient (Wildman–Crippen LogP) is 0.763. The molecule has 4 N–H and O–H groups in total. The van der Waals surface area contributed by atoms with Crippen LogP contribution in [-0.4, -0.2) is 25.7 Å². The molecule has 3 heteroatoms. The Bertz CT molecular complexity index is 286. The van der Waals surface area contributed by atoms with E-state index in [1.54, 1.807) is 0 Å². The highest BCUT2D eigenvalue weighted by Gasteiger charge is 2.10. The molecule has 82 valence electrons. The third-order valence-corrected chi connectivity index (χ3v) is 2.82. The molecule has 0 bridgehead atoms. The van der Waals surface area contributed by atoms with Gasteiger partial charge in [0, 0.05) is 18.3 Å². The summed E-state index contributed by atoms with van der Waals surface area (Å²) in [6.45, 7) is 3.31. The fourth-order valence-corrected chi connectivity index (χ4v) is 1.95. The zero-order valence-electron chi connectivity index (χ0n) is 9.00. The van der Waals surface area contributed by atoms with E-state index in [1.165, 1.54) is 12.0 Å². The Kier molecular flexibility index (Phi) is 3.59. The second kappa shape index (κ2) is 5.14. The third kappa shape index (κ3) is 3.22. The lowest BCUT2D eigenvalue weighted by molar-refractivity contribution is 0.525. The van der Waals surface area contributed by atoms with Gasteiger partial charge < -0.3 is 16.4 Å². The van der Waals surface area contributed by atoms with Gasteiger partial charge in [0.2, 0.25) is 0 Å². The summed E-state index contributed by atoms with van der Waals surface area (Å²) in [5, 5.41) is 6.99. The molecule has 0 saturated carbocycles. The Hall–Kier alpha value is -1.06. The second-order valence-corrected chi connectivity index (χ2v) is 4.15. The van der Waals surface area contributed by atoms with E-state index in [-0.39, 0.29) is 0 Å². The maximum atomic E-state index is 5.66. The summed E-state index contributed by atoms with van der Waals surface area (Å²) in [5.41, 5.74) is 7.85. The summed E-state index contributed by atoms with van der Waals surface area (Å²) >= 11 is 0. The van der Waals surface area contributed by atoms with Crippen molar-refractivity contribution in [1.29, 1.82) is 0 Å². The zero-order valence-corrected chi connectivity index (χ0v) is 9.00. The molecule has 0 aromatic heterocycles. The van der Waals surface area contributed by atoms with Crippen molar-refractivity contribution in [1.82, 2.24) is 10.6 Å². The van der Waals surface area contributed by atoms with Crippen LogP contribution >= 0.6 is 0 Å².